The topological polar surface area (TPSA) is 26.3 Å². The van der Waals surface area contributed by atoms with E-state index in [9.17, 15) is 18.0 Å². The maximum absolute atomic E-state index is 12.9. The van der Waals surface area contributed by atoms with Gasteiger partial charge in [0.05, 0.1) is 0 Å². The molecule has 170 valence electrons. The zero-order valence-corrected chi connectivity index (χ0v) is 20.4. The molecule has 3 rings (SSSR count). The SMILES string of the molecule is C=I1(c2ccc(C(F)(F)F)cc2)CC(C)C(Cc2cccc(CC(=O)OC)c2)[C@H](C)C1. The Hall–Kier alpha value is -1.70. The summed E-state index contributed by atoms with van der Waals surface area (Å²) in [6.07, 6.45) is -3.11. The van der Waals surface area contributed by atoms with Crippen LogP contribution < -0.4 is 0 Å². The number of esters is 1. The van der Waals surface area contributed by atoms with E-state index in [2.05, 4.69) is 30.5 Å². The summed E-state index contributed by atoms with van der Waals surface area (Å²) in [6, 6.07) is 13.9. The third-order valence-electron chi connectivity index (χ3n) is 6.21. The molecule has 2 aromatic carbocycles. The van der Waals surface area contributed by atoms with Crippen molar-refractivity contribution >= 4 is 28.4 Å². The minimum atomic E-state index is -4.31. The Morgan fingerprint density at radius 2 is 1.65 bits per heavy atom. The van der Waals surface area contributed by atoms with Gasteiger partial charge in [0.15, 0.2) is 0 Å². The Morgan fingerprint density at radius 3 is 2.19 bits per heavy atom. The van der Waals surface area contributed by atoms with Crippen molar-refractivity contribution in [2.75, 3.05) is 16.0 Å². The summed E-state index contributed by atoms with van der Waals surface area (Å²) in [5.41, 5.74) is 1.57. The molecule has 4 atom stereocenters. The Balaban J connectivity index is 1.73. The van der Waals surface area contributed by atoms with Gasteiger partial charge in [-0.3, -0.25) is 0 Å². The average Bonchev–Trinajstić information content (AvgIpc) is 2.70. The summed E-state index contributed by atoms with van der Waals surface area (Å²) in [5.74, 6) is 1.14. The molecular weight excluding hydrogens is 516 g/mol. The normalized spacial score (nSPS) is 28.5. The van der Waals surface area contributed by atoms with Crippen LogP contribution >= 0.6 is 18.0 Å². The molecule has 0 aliphatic carbocycles. The molecule has 0 N–H and O–H groups in total. The van der Waals surface area contributed by atoms with Crippen molar-refractivity contribution < 1.29 is 22.7 Å². The van der Waals surface area contributed by atoms with Crippen molar-refractivity contribution in [2.24, 2.45) is 17.8 Å². The van der Waals surface area contributed by atoms with E-state index in [1.54, 1.807) is 12.1 Å². The van der Waals surface area contributed by atoms with Crippen LogP contribution in [0.15, 0.2) is 48.5 Å². The molecule has 31 heavy (non-hydrogen) atoms. The van der Waals surface area contributed by atoms with E-state index in [4.69, 9.17) is 4.74 Å². The van der Waals surface area contributed by atoms with Crippen molar-refractivity contribution in [2.45, 2.75) is 32.9 Å². The van der Waals surface area contributed by atoms with E-state index in [0.29, 0.717) is 17.8 Å². The second kappa shape index (κ2) is 9.43. The van der Waals surface area contributed by atoms with Crippen LogP contribution in [-0.2, 0) is 28.5 Å². The van der Waals surface area contributed by atoms with E-state index >= 15 is 0 Å². The fraction of sp³-hybridized carbons (Fsp3) is 0.440. The number of carbonyl (C=O) groups is 1. The van der Waals surface area contributed by atoms with E-state index < -0.39 is 29.7 Å². The molecule has 3 unspecified atom stereocenters. The first-order valence-corrected chi connectivity index (χ1v) is 16.0. The van der Waals surface area contributed by atoms with Crippen molar-refractivity contribution in [3.8, 4) is 0 Å². The number of methoxy groups -OCH3 is 1. The van der Waals surface area contributed by atoms with Gasteiger partial charge >= 0.3 is 187 Å². The summed E-state index contributed by atoms with van der Waals surface area (Å²) in [6.45, 7) is 4.51. The molecule has 2 nitrogen and oxygen atoms in total. The Labute approximate surface area is 186 Å². The number of carbonyl (C=O) groups excluding carboxylic acids is 1. The summed E-state index contributed by atoms with van der Waals surface area (Å²) < 4.78 is 51.3. The van der Waals surface area contributed by atoms with Gasteiger partial charge in [0.25, 0.3) is 0 Å². The van der Waals surface area contributed by atoms with Crippen LogP contribution in [0.2, 0.25) is 0 Å². The van der Waals surface area contributed by atoms with Crippen LogP contribution in [0.5, 0.6) is 0 Å². The molecule has 6 heteroatoms. The number of benzene rings is 2. The quantitative estimate of drug-likeness (QED) is 0.253. The van der Waals surface area contributed by atoms with Gasteiger partial charge in [0.2, 0.25) is 0 Å². The number of halogens is 4. The first-order chi connectivity index (χ1) is 14.5. The summed E-state index contributed by atoms with van der Waals surface area (Å²) in [5, 5.41) is 0. The molecule has 2 aromatic rings. The van der Waals surface area contributed by atoms with Crippen LogP contribution in [-0.4, -0.2) is 26.4 Å². The van der Waals surface area contributed by atoms with Crippen molar-refractivity contribution in [3.63, 3.8) is 0 Å². The molecule has 1 fully saturated rings. The fourth-order valence-corrected chi connectivity index (χ4v) is 14.5. The van der Waals surface area contributed by atoms with Crippen molar-refractivity contribution in [1.29, 1.82) is 0 Å². The van der Waals surface area contributed by atoms with Gasteiger partial charge < -0.3 is 0 Å². The molecule has 1 aliphatic rings. The van der Waals surface area contributed by atoms with Gasteiger partial charge in [-0.25, -0.2) is 0 Å². The minimum absolute atomic E-state index is 0.247. The molecule has 0 spiro atoms. The number of alkyl halides is 5. The van der Waals surface area contributed by atoms with Crippen LogP contribution in [0.3, 0.4) is 0 Å². The van der Waals surface area contributed by atoms with E-state index in [0.717, 1.165) is 24.4 Å². The van der Waals surface area contributed by atoms with Crippen LogP contribution in [0.4, 0.5) is 13.2 Å². The fourth-order valence-electron chi connectivity index (χ4n) is 4.65. The number of ether oxygens (including phenoxy) is 1. The van der Waals surface area contributed by atoms with Crippen molar-refractivity contribution in [3.05, 3.63) is 68.8 Å². The molecule has 1 saturated heterocycles. The Kier molecular flexibility index (Phi) is 7.28. The molecule has 1 aliphatic heterocycles. The molecule has 0 radical (unpaired) electrons. The summed E-state index contributed by atoms with van der Waals surface area (Å²) in [7, 11) is 1.39. The van der Waals surface area contributed by atoms with Crippen LogP contribution in [0, 0.1) is 21.3 Å². The molecular formula is C25H30F3IO2. The first-order valence-electron chi connectivity index (χ1n) is 10.4. The number of hydrogen-bond donors (Lipinski definition) is 0. The van der Waals surface area contributed by atoms with Crippen molar-refractivity contribution in [1.82, 2.24) is 0 Å². The molecule has 1 heterocycles. The van der Waals surface area contributed by atoms with E-state index in [1.807, 2.05) is 12.1 Å². The predicted octanol–water partition coefficient (Wildman–Crippen LogP) is 6.21. The number of hydrogen-bond acceptors (Lipinski definition) is 2. The third-order valence-corrected chi connectivity index (χ3v) is 15.7. The molecule has 0 bridgehead atoms. The van der Waals surface area contributed by atoms with Gasteiger partial charge in [-0.15, -0.1) is 0 Å². The first kappa shape index (κ1) is 24.0. The second-order valence-electron chi connectivity index (χ2n) is 8.68. The van der Waals surface area contributed by atoms with Gasteiger partial charge in [-0.2, -0.15) is 0 Å². The molecule has 0 amide bonds. The van der Waals surface area contributed by atoms with Gasteiger partial charge in [-0.05, 0) is 0 Å². The second-order valence-corrected chi connectivity index (χ2v) is 17.2. The van der Waals surface area contributed by atoms with Gasteiger partial charge in [-0.1, -0.05) is 0 Å². The predicted molar refractivity (Wildman–Crippen MR) is 129 cm³/mol. The molecule has 0 saturated carbocycles. The Morgan fingerprint density at radius 1 is 1.06 bits per heavy atom. The zero-order valence-electron chi connectivity index (χ0n) is 18.2. The number of rotatable bonds is 5. The third kappa shape index (κ3) is 5.76. The van der Waals surface area contributed by atoms with Gasteiger partial charge in [0.1, 0.15) is 0 Å². The van der Waals surface area contributed by atoms with E-state index in [1.165, 1.54) is 24.8 Å². The molecule has 0 aromatic heterocycles. The summed E-state index contributed by atoms with van der Waals surface area (Å²) in [4.78, 5) is 11.6. The van der Waals surface area contributed by atoms with Gasteiger partial charge in [0, 0.05) is 0 Å². The summed E-state index contributed by atoms with van der Waals surface area (Å²) >= 11 is -2.60. The monoisotopic (exact) mass is 546 g/mol. The van der Waals surface area contributed by atoms with Crippen LogP contribution in [0.1, 0.15) is 30.5 Å². The Bertz CT molecular complexity index is 949. The van der Waals surface area contributed by atoms with E-state index in [-0.39, 0.29) is 12.4 Å². The average molecular weight is 546 g/mol. The zero-order chi connectivity index (χ0) is 22.8. The standard InChI is InChI=1S/C25H30F3IO2/c1-17-15-29(3,22-10-8-21(9-11-22)25(26,27)28)16-18(2)23(17)13-19-6-5-7-20(12-19)14-24(30)31-4/h5-12,17-18,23H,3,13-16H2,1-2,4H3/t17-,18?,23?/m1/s1. The van der Waals surface area contributed by atoms with Crippen LogP contribution in [0.25, 0.3) is 0 Å². The maximum atomic E-state index is 12.9.